The van der Waals surface area contributed by atoms with Gasteiger partial charge in [-0.05, 0) is 6.42 Å². The Balaban J connectivity index is 3.60. The summed E-state index contributed by atoms with van der Waals surface area (Å²) in [5.41, 5.74) is 0. The fraction of sp³-hybridized carbons (Fsp3) is 1.00. The van der Waals surface area contributed by atoms with Crippen molar-refractivity contribution in [3.05, 3.63) is 0 Å². The van der Waals surface area contributed by atoms with Crippen molar-refractivity contribution in [2.75, 3.05) is 60.5 Å². The molecule has 0 aromatic rings. The minimum Gasteiger partial charge on any atom is -0.382 e. The predicted molar refractivity (Wildman–Crippen MR) is 65.4 cm³/mol. The Morgan fingerprint density at radius 2 is 1.35 bits per heavy atom. The maximum atomic E-state index is 5.59. The first kappa shape index (κ1) is 16.8. The van der Waals surface area contributed by atoms with Gasteiger partial charge in [0.2, 0.25) is 0 Å². The molecule has 1 atom stereocenters. The Bertz CT molecular complexity index is 133. The van der Waals surface area contributed by atoms with E-state index >= 15 is 0 Å². The van der Waals surface area contributed by atoms with Gasteiger partial charge >= 0.3 is 0 Å². The van der Waals surface area contributed by atoms with E-state index in [0.29, 0.717) is 39.6 Å². The quantitative estimate of drug-likeness (QED) is 0.458. The maximum absolute atomic E-state index is 5.59. The smallest absolute Gasteiger partial charge is 0.104 e. The Morgan fingerprint density at radius 3 is 1.94 bits per heavy atom. The van der Waals surface area contributed by atoms with Crippen molar-refractivity contribution in [3.63, 3.8) is 0 Å². The second-order valence-electron chi connectivity index (χ2n) is 3.63. The standard InChI is InChI=1S/C12H26O5/c1-4-5-15-10-12(17-9-7-14-3)11-16-8-6-13-2/h12H,4-11H2,1-3H3. The number of hydrogen-bond acceptors (Lipinski definition) is 5. The van der Waals surface area contributed by atoms with E-state index in [9.17, 15) is 0 Å². The molecule has 0 aliphatic carbocycles. The molecular formula is C12H26O5. The summed E-state index contributed by atoms with van der Waals surface area (Å²) in [5, 5.41) is 0. The van der Waals surface area contributed by atoms with Crippen LogP contribution >= 0.6 is 0 Å². The molecule has 0 radical (unpaired) electrons. The average molecular weight is 250 g/mol. The second-order valence-corrected chi connectivity index (χ2v) is 3.63. The molecule has 17 heavy (non-hydrogen) atoms. The van der Waals surface area contributed by atoms with Crippen LogP contribution in [-0.2, 0) is 23.7 Å². The lowest BCUT2D eigenvalue weighted by atomic mass is 10.4. The van der Waals surface area contributed by atoms with E-state index < -0.39 is 0 Å². The monoisotopic (exact) mass is 250 g/mol. The van der Waals surface area contributed by atoms with Crippen LogP contribution in [0.25, 0.3) is 0 Å². The summed E-state index contributed by atoms with van der Waals surface area (Å²) < 4.78 is 26.3. The van der Waals surface area contributed by atoms with Gasteiger partial charge in [0.05, 0.1) is 39.6 Å². The van der Waals surface area contributed by atoms with Gasteiger partial charge in [0.1, 0.15) is 6.10 Å². The highest BCUT2D eigenvalue weighted by atomic mass is 16.6. The first-order valence-electron chi connectivity index (χ1n) is 6.10. The molecule has 0 amide bonds. The maximum Gasteiger partial charge on any atom is 0.104 e. The van der Waals surface area contributed by atoms with E-state index in [-0.39, 0.29) is 6.10 Å². The van der Waals surface area contributed by atoms with Crippen LogP contribution in [0.3, 0.4) is 0 Å². The summed E-state index contributed by atoms with van der Waals surface area (Å²) in [5.74, 6) is 0. The topological polar surface area (TPSA) is 46.2 Å². The summed E-state index contributed by atoms with van der Waals surface area (Å²) in [4.78, 5) is 0. The molecule has 0 heterocycles. The molecule has 0 rings (SSSR count). The molecule has 0 saturated heterocycles. The van der Waals surface area contributed by atoms with Crippen LogP contribution in [-0.4, -0.2) is 66.6 Å². The molecule has 0 N–H and O–H groups in total. The van der Waals surface area contributed by atoms with Crippen molar-refractivity contribution in [2.45, 2.75) is 19.4 Å². The van der Waals surface area contributed by atoms with E-state index in [1.54, 1.807) is 14.2 Å². The minimum atomic E-state index is -0.0337. The predicted octanol–water partition coefficient (Wildman–Crippen LogP) is 1.11. The van der Waals surface area contributed by atoms with Gasteiger partial charge in [-0.2, -0.15) is 0 Å². The van der Waals surface area contributed by atoms with Gasteiger partial charge in [-0.25, -0.2) is 0 Å². The average Bonchev–Trinajstić information content (AvgIpc) is 2.34. The first-order chi connectivity index (χ1) is 8.35. The van der Waals surface area contributed by atoms with Gasteiger partial charge in [0, 0.05) is 20.8 Å². The van der Waals surface area contributed by atoms with Crippen molar-refractivity contribution in [3.8, 4) is 0 Å². The summed E-state index contributed by atoms with van der Waals surface area (Å²) in [6.45, 7) is 6.24. The number of hydrogen-bond donors (Lipinski definition) is 0. The summed E-state index contributed by atoms with van der Waals surface area (Å²) in [6.07, 6.45) is 0.976. The number of rotatable bonds is 13. The SMILES string of the molecule is CCCOCC(COCCOC)OCCOC. The van der Waals surface area contributed by atoms with E-state index in [1.807, 2.05) is 0 Å². The molecule has 5 heteroatoms. The number of methoxy groups -OCH3 is 2. The Morgan fingerprint density at radius 1 is 0.765 bits per heavy atom. The van der Waals surface area contributed by atoms with Crippen LogP contribution in [0.5, 0.6) is 0 Å². The van der Waals surface area contributed by atoms with E-state index in [4.69, 9.17) is 23.7 Å². The number of ether oxygens (including phenoxy) is 5. The van der Waals surface area contributed by atoms with Crippen molar-refractivity contribution >= 4 is 0 Å². The van der Waals surface area contributed by atoms with Crippen molar-refractivity contribution in [1.29, 1.82) is 0 Å². The zero-order chi connectivity index (χ0) is 12.8. The normalized spacial score (nSPS) is 12.9. The van der Waals surface area contributed by atoms with E-state index in [0.717, 1.165) is 13.0 Å². The highest BCUT2D eigenvalue weighted by Crippen LogP contribution is 1.97. The van der Waals surface area contributed by atoms with Crippen LogP contribution in [0.2, 0.25) is 0 Å². The molecule has 0 aliphatic rings. The zero-order valence-corrected chi connectivity index (χ0v) is 11.3. The third-order valence-electron chi connectivity index (χ3n) is 2.03. The molecule has 0 aliphatic heterocycles. The minimum absolute atomic E-state index is 0.0337. The van der Waals surface area contributed by atoms with Gasteiger partial charge in [0.15, 0.2) is 0 Å². The van der Waals surface area contributed by atoms with Crippen molar-refractivity contribution in [1.82, 2.24) is 0 Å². The molecule has 104 valence electrons. The molecule has 1 unspecified atom stereocenters. The summed E-state index contributed by atoms with van der Waals surface area (Å²) >= 11 is 0. The van der Waals surface area contributed by atoms with Gasteiger partial charge in [0.25, 0.3) is 0 Å². The lowest BCUT2D eigenvalue weighted by molar-refractivity contribution is -0.0742. The Kier molecular flexibility index (Phi) is 13.7. The van der Waals surface area contributed by atoms with Crippen LogP contribution in [0.15, 0.2) is 0 Å². The molecule has 0 spiro atoms. The molecular weight excluding hydrogens is 224 g/mol. The molecule has 0 saturated carbocycles. The van der Waals surface area contributed by atoms with Gasteiger partial charge in [-0.1, -0.05) is 6.92 Å². The second kappa shape index (κ2) is 13.9. The largest absolute Gasteiger partial charge is 0.382 e. The lowest BCUT2D eigenvalue weighted by Gasteiger charge is -2.18. The van der Waals surface area contributed by atoms with E-state index in [1.165, 1.54) is 0 Å². The van der Waals surface area contributed by atoms with Crippen LogP contribution in [0, 0.1) is 0 Å². The lowest BCUT2D eigenvalue weighted by Crippen LogP contribution is -2.28. The van der Waals surface area contributed by atoms with Crippen molar-refractivity contribution < 1.29 is 23.7 Å². The van der Waals surface area contributed by atoms with Gasteiger partial charge < -0.3 is 23.7 Å². The van der Waals surface area contributed by atoms with Gasteiger partial charge in [-0.3, -0.25) is 0 Å². The fourth-order valence-electron chi connectivity index (χ4n) is 1.16. The Labute approximate surface area is 104 Å². The molecule has 5 nitrogen and oxygen atoms in total. The third-order valence-corrected chi connectivity index (χ3v) is 2.03. The van der Waals surface area contributed by atoms with Crippen molar-refractivity contribution in [2.24, 2.45) is 0 Å². The van der Waals surface area contributed by atoms with Gasteiger partial charge in [-0.15, -0.1) is 0 Å². The highest BCUT2D eigenvalue weighted by molar-refractivity contribution is 4.55. The summed E-state index contributed by atoms with van der Waals surface area (Å²) in [7, 11) is 3.31. The molecule has 0 fully saturated rings. The van der Waals surface area contributed by atoms with Crippen LogP contribution in [0.4, 0.5) is 0 Å². The van der Waals surface area contributed by atoms with Crippen LogP contribution < -0.4 is 0 Å². The zero-order valence-electron chi connectivity index (χ0n) is 11.3. The molecule has 0 aromatic heterocycles. The molecule has 0 bridgehead atoms. The fourth-order valence-corrected chi connectivity index (χ4v) is 1.16. The third kappa shape index (κ3) is 12.1. The van der Waals surface area contributed by atoms with Crippen LogP contribution in [0.1, 0.15) is 13.3 Å². The summed E-state index contributed by atoms with van der Waals surface area (Å²) in [6, 6.07) is 0. The first-order valence-corrected chi connectivity index (χ1v) is 6.10. The van der Waals surface area contributed by atoms with E-state index in [2.05, 4.69) is 6.92 Å². The molecule has 0 aromatic carbocycles. The Hall–Kier alpha value is -0.200. The highest BCUT2D eigenvalue weighted by Gasteiger charge is 2.09.